The Morgan fingerprint density at radius 3 is 2.52 bits per heavy atom. The van der Waals surface area contributed by atoms with Crippen LogP contribution in [-0.2, 0) is 17.8 Å². The molecule has 0 aliphatic carbocycles. The third-order valence-electron chi connectivity index (χ3n) is 4.88. The van der Waals surface area contributed by atoms with Gasteiger partial charge < -0.3 is 10.1 Å². The molecule has 4 rings (SSSR count). The second-order valence-corrected chi connectivity index (χ2v) is 7.23. The maximum Gasteiger partial charge on any atom is 0.337 e. The van der Waals surface area contributed by atoms with Crippen LogP contribution in [0.5, 0.6) is 0 Å². The van der Waals surface area contributed by atoms with Gasteiger partial charge in [-0.2, -0.15) is 4.80 Å². The molecule has 1 aromatic heterocycles. The summed E-state index contributed by atoms with van der Waals surface area (Å²) in [5.74, 6) is -0.643. The van der Waals surface area contributed by atoms with Crippen molar-refractivity contribution in [3.63, 3.8) is 0 Å². The van der Waals surface area contributed by atoms with Gasteiger partial charge in [-0.1, -0.05) is 36.4 Å². The minimum Gasteiger partial charge on any atom is -0.465 e. The summed E-state index contributed by atoms with van der Waals surface area (Å²) in [5.41, 5.74) is 3.08. The lowest BCUT2D eigenvalue weighted by Gasteiger charge is -2.07. The summed E-state index contributed by atoms with van der Waals surface area (Å²) in [6, 6.07) is 19.9. The average Bonchev–Trinajstić information content (AvgIpc) is 3.31. The quantitative estimate of drug-likeness (QED) is 0.439. The summed E-state index contributed by atoms with van der Waals surface area (Å²) in [5, 5.41) is 15.2. The van der Waals surface area contributed by atoms with Crippen LogP contribution in [0.25, 0.3) is 11.4 Å². The number of rotatable bonds is 7. The molecular weight excluding hydrogens is 425 g/mol. The van der Waals surface area contributed by atoms with Crippen LogP contribution >= 0.6 is 0 Å². The topological polar surface area (TPSA) is 99.0 Å². The number of hydrogen-bond acceptors (Lipinski definition) is 6. The first-order valence-corrected chi connectivity index (χ1v) is 10.1. The average molecular weight is 445 g/mol. The van der Waals surface area contributed by atoms with Crippen molar-refractivity contribution in [1.82, 2.24) is 25.5 Å². The predicted molar refractivity (Wildman–Crippen MR) is 118 cm³/mol. The Balaban J connectivity index is 1.41. The SMILES string of the molecule is COC(=O)c1ccc(CNC(=O)c2cccc(-c3nnn(Cc4cccc(F)c4)n3)c2)cc1. The van der Waals surface area contributed by atoms with Crippen LogP contribution in [0.1, 0.15) is 31.8 Å². The maximum absolute atomic E-state index is 13.4. The van der Waals surface area contributed by atoms with Gasteiger partial charge in [-0.25, -0.2) is 9.18 Å². The first-order chi connectivity index (χ1) is 16.0. The van der Waals surface area contributed by atoms with Crippen molar-refractivity contribution in [2.75, 3.05) is 7.11 Å². The van der Waals surface area contributed by atoms with Crippen LogP contribution in [0, 0.1) is 5.82 Å². The fourth-order valence-electron chi connectivity index (χ4n) is 3.18. The Kier molecular flexibility index (Phi) is 6.49. The van der Waals surface area contributed by atoms with E-state index in [-0.39, 0.29) is 18.3 Å². The lowest BCUT2D eigenvalue weighted by Crippen LogP contribution is -2.22. The van der Waals surface area contributed by atoms with Gasteiger partial charge in [-0.3, -0.25) is 4.79 Å². The summed E-state index contributed by atoms with van der Waals surface area (Å²) < 4.78 is 18.0. The molecule has 166 valence electrons. The Hall–Kier alpha value is -4.40. The van der Waals surface area contributed by atoms with E-state index in [1.54, 1.807) is 60.7 Å². The summed E-state index contributed by atoms with van der Waals surface area (Å²) in [4.78, 5) is 25.5. The number of nitrogens with one attached hydrogen (secondary N) is 1. The summed E-state index contributed by atoms with van der Waals surface area (Å²) in [7, 11) is 1.32. The zero-order valence-electron chi connectivity index (χ0n) is 17.7. The largest absolute Gasteiger partial charge is 0.465 e. The van der Waals surface area contributed by atoms with E-state index in [0.29, 0.717) is 34.6 Å². The van der Waals surface area contributed by atoms with E-state index in [4.69, 9.17) is 0 Å². The Bertz CT molecular complexity index is 1290. The second-order valence-electron chi connectivity index (χ2n) is 7.23. The molecule has 0 aliphatic rings. The van der Waals surface area contributed by atoms with E-state index >= 15 is 0 Å². The predicted octanol–water partition coefficient (Wildman–Crippen LogP) is 3.24. The van der Waals surface area contributed by atoms with Crippen molar-refractivity contribution in [2.24, 2.45) is 0 Å². The molecule has 3 aromatic carbocycles. The van der Waals surface area contributed by atoms with E-state index in [2.05, 4.69) is 25.5 Å². The molecule has 0 aliphatic heterocycles. The number of halogens is 1. The number of tetrazole rings is 1. The van der Waals surface area contributed by atoms with Gasteiger partial charge in [0.2, 0.25) is 5.82 Å². The summed E-state index contributed by atoms with van der Waals surface area (Å²) in [6.45, 7) is 0.576. The summed E-state index contributed by atoms with van der Waals surface area (Å²) in [6.07, 6.45) is 0. The molecule has 8 nitrogen and oxygen atoms in total. The van der Waals surface area contributed by atoms with E-state index < -0.39 is 5.97 Å². The van der Waals surface area contributed by atoms with Gasteiger partial charge in [0.15, 0.2) is 0 Å². The molecule has 0 spiro atoms. The van der Waals surface area contributed by atoms with Crippen LogP contribution in [0.3, 0.4) is 0 Å². The zero-order valence-corrected chi connectivity index (χ0v) is 17.7. The van der Waals surface area contributed by atoms with Crippen LogP contribution in [0.2, 0.25) is 0 Å². The van der Waals surface area contributed by atoms with Crippen LogP contribution in [0.15, 0.2) is 72.8 Å². The first kappa shape index (κ1) is 21.8. The standard InChI is InChI=1S/C24H20FN5O3/c1-33-24(32)18-10-8-16(9-11-18)14-26-23(31)20-6-3-5-19(13-20)22-27-29-30(28-22)15-17-4-2-7-21(25)12-17/h2-13H,14-15H2,1H3,(H,26,31). The van der Waals surface area contributed by atoms with E-state index in [1.807, 2.05) is 0 Å². The normalized spacial score (nSPS) is 10.6. The Morgan fingerprint density at radius 1 is 0.970 bits per heavy atom. The van der Waals surface area contributed by atoms with Crippen molar-refractivity contribution < 1.29 is 18.7 Å². The number of amides is 1. The lowest BCUT2D eigenvalue weighted by atomic mass is 10.1. The number of nitrogens with zero attached hydrogens (tertiary/aromatic N) is 4. The van der Waals surface area contributed by atoms with Crippen LogP contribution < -0.4 is 5.32 Å². The van der Waals surface area contributed by atoms with Crippen LogP contribution in [-0.4, -0.2) is 39.2 Å². The van der Waals surface area contributed by atoms with Crippen molar-refractivity contribution in [1.29, 1.82) is 0 Å². The Labute approximate surface area is 189 Å². The molecule has 1 amide bonds. The van der Waals surface area contributed by atoms with Crippen molar-refractivity contribution in [3.8, 4) is 11.4 Å². The molecule has 0 unspecified atom stereocenters. The van der Waals surface area contributed by atoms with Gasteiger partial charge >= 0.3 is 5.97 Å². The van der Waals surface area contributed by atoms with Gasteiger partial charge in [-0.05, 0) is 52.7 Å². The third kappa shape index (κ3) is 5.45. The number of carbonyl (C=O) groups is 2. The Morgan fingerprint density at radius 2 is 1.76 bits per heavy atom. The molecule has 9 heteroatoms. The number of carbonyl (C=O) groups excluding carboxylic acids is 2. The van der Waals surface area contributed by atoms with Crippen molar-refractivity contribution >= 4 is 11.9 Å². The van der Waals surface area contributed by atoms with Crippen molar-refractivity contribution in [3.05, 3.63) is 101 Å². The van der Waals surface area contributed by atoms with E-state index in [9.17, 15) is 14.0 Å². The number of benzene rings is 3. The van der Waals surface area contributed by atoms with Crippen LogP contribution in [0.4, 0.5) is 4.39 Å². The molecule has 0 bridgehead atoms. The van der Waals surface area contributed by atoms with Crippen molar-refractivity contribution in [2.45, 2.75) is 13.1 Å². The molecule has 33 heavy (non-hydrogen) atoms. The van der Waals surface area contributed by atoms with Gasteiger partial charge in [0, 0.05) is 17.7 Å². The molecule has 0 saturated heterocycles. The highest BCUT2D eigenvalue weighted by Gasteiger charge is 2.11. The molecule has 0 atom stereocenters. The first-order valence-electron chi connectivity index (χ1n) is 10.1. The maximum atomic E-state index is 13.4. The monoisotopic (exact) mass is 445 g/mol. The van der Waals surface area contributed by atoms with Gasteiger partial charge in [0.05, 0.1) is 19.2 Å². The molecule has 0 saturated carbocycles. The minimum absolute atomic E-state index is 0.263. The number of ether oxygens (including phenoxy) is 1. The highest BCUT2D eigenvalue weighted by molar-refractivity contribution is 5.95. The molecule has 4 aromatic rings. The summed E-state index contributed by atoms with van der Waals surface area (Å²) >= 11 is 0. The van der Waals surface area contributed by atoms with Gasteiger partial charge in [0.1, 0.15) is 5.82 Å². The third-order valence-corrected chi connectivity index (χ3v) is 4.88. The molecular formula is C24H20FN5O3. The van der Waals surface area contributed by atoms with Gasteiger partial charge in [-0.15, -0.1) is 10.2 Å². The minimum atomic E-state index is -0.413. The zero-order chi connectivity index (χ0) is 23.2. The molecule has 1 N–H and O–H groups in total. The molecule has 1 heterocycles. The number of methoxy groups -OCH3 is 1. The number of esters is 1. The van der Waals surface area contributed by atoms with E-state index in [0.717, 1.165) is 5.56 Å². The number of hydrogen-bond donors (Lipinski definition) is 1. The molecule has 0 radical (unpaired) electrons. The smallest absolute Gasteiger partial charge is 0.337 e. The fraction of sp³-hybridized carbons (Fsp3) is 0.125. The fourth-order valence-corrected chi connectivity index (χ4v) is 3.18. The highest BCUT2D eigenvalue weighted by atomic mass is 19.1. The lowest BCUT2D eigenvalue weighted by molar-refractivity contribution is 0.0600. The second kappa shape index (κ2) is 9.82. The van der Waals surface area contributed by atoms with Gasteiger partial charge in [0.25, 0.3) is 5.91 Å². The molecule has 0 fully saturated rings. The van der Waals surface area contributed by atoms with E-state index in [1.165, 1.54) is 24.0 Å². The number of aromatic nitrogens is 4. The highest BCUT2D eigenvalue weighted by Crippen LogP contribution is 2.16.